The maximum absolute atomic E-state index is 12.1. The zero-order chi connectivity index (χ0) is 19.3. The number of benzene rings is 1. The maximum Gasteiger partial charge on any atom is 0.254 e. The van der Waals surface area contributed by atoms with Gasteiger partial charge in [-0.15, -0.1) is 0 Å². The van der Waals surface area contributed by atoms with Crippen molar-refractivity contribution < 1.29 is 9.53 Å². The van der Waals surface area contributed by atoms with Crippen molar-refractivity contribution in [1.29, 1.82) is 0 Å². The molecule has 2 aromatic rings. The third-order valence-corrected chi connectivity index (χ3v) is 5.59. The molecule has 27 heavy (non-hydrogen) atoms. The first-order valence-electron chi connectivity index (χ1n) is 9.41. The Hall–Kier alpha value is -2.54. The average molecular weight is 369 g/mol. The van der Waals surface area contributed by atoms with Gasteiger partial charge in [-0.05, 0) is 63.4 Å². The SMILES string of the molecule is CC(C)Oc1ccc(-c2nn(C3CC4(C3)CN(C)C4)c(N)c2C(N)=O)cc1. The first-order valence-corrected chi connectivity index (χ1v) is 9.41. The van der Waals surface area contributed by atoms with E-state index in [2.05, 4.69) is 11.9 Å². The molecule has 1 aromatic carbocycles. The second kappa shape index (κ2) is 6.27. The summed E-state index contributed by atoms with van der Waals surface area (Å²) in [4.78, 5) is 14.4. The van der Waals surface area contributed by atoms with Gasteiger partial charge < -0.3 is 21.1 Å². The highest BCUT2D eigenvalue weighted by Crippen LogP contribution is 2.54. The minimum absolute atomic E-state index is 0.100. The molecule has 2 heterocycles. The van der Waals surface area contributed by atoms with Crippen LogP contribution in [0.5, 0.6) is 5.75 Å². The van der Waals surface area contributed by atoms with Crippen LogP contribution < -0.4 is 16.2 Å². The van der Waals surface area contributed by atoms with Crippen LogP contribution in [0.2, 0.25) is 0 Å². The number of ether oxygens (including phenoxy) is 1. The van der Waals surface area contributed by atoms with Crippen molar-refractivity contribution >= 4 is 11.7 Å². The molecule has 4 N–H and O–H groups in total. The van der Waals surface area contributed by atoms with Gasteiger partial charge in [-0.25, -0.2) is 4.68 Å². The van der Waals surface area contributed by atoms with E-state index in [1.54, 1.807) is 4.68 Å². The summed E-state index contributed by atoms with van der Waals surface area (Å²) in [7, 11) is 2.14. The third-order valence-electron chi connectivity index (χ3n) is 5.59. The van der Waals surface area contributed by atoms with Crippen LogP contribution in [0.4, 0.5) is 5.82 Å². The molecule has 1 saturated heterocycles. The smallest absolute Gasteiger partial charge is 0.254 e. The Balaban J connectivity index is 1.62. The van der Waals surface area contributed by atoms with Gasteiger partial charge in [0.2, 0.25) is 0 Å². The van der Waals surface area contributed by atoms with E-state index in [9.17, 15) is 4.79 Å². The van der Waals surface area contributed by atoms with Gasteiger partial charge in [0.25, 0.3) is 5.91 Å². The number of amides is 1. The average Bonchev–Trinajstić information content (AvgIpc) is 2.87. The molecule has 7 nitrogen and oxygen atoms in total. The van der Waals surface area contributed by atoms with E-state index >= 15 is 0 Å². The molecule has 1 aliphatic heterocycles. The van der Waals surface area contributed by atoms with E-state index in [0.717, 1.165) is 37.2 Å². The Labute approximate surface area is 159 Å². The van der Waals surface area contributed by atoms with Crippen molar-refractivity contribution in [1.82, 2.24) is 14.7 Å². The van der Waals surface area contributed by atoms with Gasteiger partial charge in [0.05, 0.1) is 12.1 Å². The molecule has 1 aromatic heterocycles. The normalized spacial score (nSPS) is 19.1. The largest absolute Gasteiger partial charge is 0.491 e. The number of nitrogens with zero attached hydrogens (tertiary/aromatic N) is 3. The van der Waals surface area contributed by atoms with E-state index in [1.807, 2.05) is 38.1 Å². The van der Waals surface area contributed by atoms with Crippen LogP contribution in [0.15, 0.2) is 24.3 Å². The Morgan fingerprint density at radius 1 is 1.26 bits per heavy atom. The highest BCUT2D eigenvalue weighted by Gasteiger charge is 2.52. The number of carbonyl (C=O) groups excluding carboxylic acids is 1. The van der Waals surface area contributed by atoms with Crippen molar-refractivity contribution in [3.8, 4) is 17.0 Å². The molecule has 0 radical (unpaired) electrons. The van der Waals surface area contributed by atoms with Gasteiger partial charge >= 0.3 is 0 Å². The summed E-state index contributed by atoms with van der Waals surface area (Å²) in [6.07, 6.45) is 2.19. The number of nitrogen functional groups attached to an aromatic ring is 1. The second-order valence-corrected chi connectivity index (χ2v) is 8.34. The number of primary amides is 1. The van der Waals surface area contributed by atoms with Gasteiger partial charge in [0, 0.05) is 18.7 Å². The van der Waals surface area contributed by atoms with Gasteiger partial charge in [0.15, 0.2) is 0 Å². The molecule has 4 rings (SSSR count). The zero-order valence-corrected chi connectivity index (χ0v) is 16.1. The van der Waals surface area contributed by atoms with Crippen LogP contribution in [-0.4, -0.2) is 46.8 Å². The zero-order valence-electron chi connectivity index (χ0n) is 16.1. The van der Waals surface area contributed by atoms with Gasteiger partial charge in [-0.2, -0.15) is 5.10 Å². The van der Waals surface area contributed by atoms with E-state index in [-0.39, 0.29) is 12.1 Å². The van der Waals surface area contributed by atoms with Crippen molar-refractivity contribution in [2.24, 2.45) is 11.1 Å². The van der Waals surface area contributed by atoms with Gasteiger partial charge in [-0.3, -0.25) is 4.79 Å². The molecule has 1 amide bonds. The molecule has 1 spiro atoms. The number of aromatic nitrogens is 2. The predicted octanol–water partition coefficient (Wildman–Crippen LogP) is 2.29. The van der Waals surface area contributed by atoms with Crippen LogP contribution in [0, 0.1) is 5.41 Å². The standard InChI is InChI=1S/C20H27N5O2/c1-12(2)27-15-6-4-13(5-7-15)17-16(19(22)26)18(21)25(23-17)14-8-20(9-14)10-24(3)11-20/h4-7,12,14H,8-11,21H2,1-3H3,(H2,22,26). The third kappa shape index (κ3) is 3.06. The molecular weight excluding hydrogens is 342 g/mol. The maximum atomic E-state index is 12.1. The minimum Gasteiger partial charge on any atom is -0.491 e. The Kier molecular flexibility index (Phi) is 4.14. The molecule has 2 aliphatic rings. The fraction of sp³-hybridized carbons (Fsp3) is 0.500. The van der Waals surface area contributed by atoms with E-state index < -0.39 is 5.91 Å². The summed E-state index contributed by atoms with van der Waals surface area (Å²) in [5, 5.41) is 4.69. The van der Waals surface area contributed by atoms with E-state index in [4.69, 9.17) is 21.3 Å². The number of rotatable bonds is 5. The molecule has 0 bridgehead atoms. The predicted molar refractivity (Wildman–Crippen MR) is 105 cm³/mol. The van der Waals surface area contributed by atoms with Crippen molar-refractivity contribution in [2.45, 2.75) is 38.8 Å². The summed E-state index contributed by atoms with van der Waals surface area (Å²) in [5.41, 5.74) is 14.0. The van der Waals surface area contributed by atoms with E-state index in [1.165, 1.54) is 0 Å². The quantitative estimate of drug-likeness (QED) is 0.842. The number of carbonyl (C=O) groups is 1. The van der Waals surface area contributed by atoms with Crippen LogP contribution in [0.3, 0.4) is 0 Å². The number of likely N-dealkylation sites (tertiary alicyclic amines) is 1. The highest BCUT2D eigenvalue weighted by molar-refractivity contribution is 6.03. The summed E-state index contributed by atoms with van der Waals surface area (Å²) in [6.45, 7) is 6.20. The minimum atomic E-state index is -0.548. The lowest BCUT2D eigenvalue weighted by Gasteiger charge is -2.58. The second-order valence-electron chi connectivity index (χ2n) is 8.34. The lowest BCUT2D eigenvalue weighted by Crippen LogP contribution is -2.60. The molecular formula is C20H27N5O2. The summed E-state index contributed by atoms with van der Waals surface area (Å²) >= 11 is 0. The number of hydrogen-bond acceptors (Lipinski definition) is 5. The highest BCUT2D eigenvalue weighted by atomic mass is 16.5. The Bertz CT molecular complexity index is 857. The Morgan fingerprint density at radius 3 is 2.41 bits per heavy atom. The lowest BCUT2D eigenvalue weighted by atomic mass is 9.61. The first-order chi connectivity index (χ1) is 12.8. The molecule has 144 valence electrons. The summed E-state index contributed by atoms with van der Waals surface area (Å²) in [5.74, 6) is 0.595. The molecule has 0 unspecified atom stereocenters. The molecule has 1 aliphatic carbocycles. The monoisotopic (exact) mass is 369 g/mol. The van der Waals surface area contributed by atoms with Crippen molar-refractivity contribution in [3.05, 3.63) is 29.8 Å². The number of anilines is 1. The van der Waals surface area contributed by atoms with Crippen LogP contribution >= 0.6 is 0 Å². The van der Waals surface area contributed by atoms with Crippen LogP contribution in [0.25, 0.3) is 11.3 Å². The summed E-state index contributed by atoms with van der Waals surface area (Å²) < 4.78 is 7.48. The fourth-order valence-corrected chi connectivity index (χ4v) is 4.60. The van der Waals surface area contributed by atoms with Crippen molar-refractivity contribution in [2.75, 3.05) is 25.9 Å². The Morgan fingerprint density at radius 2 is 1.89 bits per heavy atom. The topological polar surface area (TPSA) is 99.4 Å². The molecule has 7 heteroatoms. The van der Waals surface area contributed by atoms with Crippen molar-refractivity contribution in [3.63, 3.8) is 0 Å². The van der Waals surface area contributed by atoms with Gasteiger partial charge in [-0.1, -0.05) is 0 Å². The number of nitrogens with two attached hydrogens (primary N) is 2. The van der Waals surface area contributed by atoms with Crippen LogP contribution in [0.1, 0.15) is 43.1 Å². The van der Waals surface area contributed by atoms with Gasteiger partial charge in [0.1, 0.15) is 22.8 Å². The molecule has 2 fully saturated rings. The lowest BCUT2D eigenvalue weighted by molar-refractivity contribution is -0.0780. The summed E-state index contributed by atoms with van der Waals surface area (Å²) in [6, 6.07) is 7.75. The molecule has 0 atom stereocenters. The number of hydrogen-bond donors (Lipinski definition) is 2. The molecule has 1 saturated carbocycles. The fourth-order valence-electron chi connectivity index (χ4n) is 4.60. The van der Waals surface area contributed by atoms with E-state index in [0.29, 0.717) is 22.5 Å². The first kappa shape index (κ1) is 17.9. The van der Waals surface area contributed by atoms with Crippen LogP contribution in [-0.2, 0) is 0 Å².